The van der Waals surface area contributed by atoms with Gasteiger partial charge in [0.15, 0.2) is 0 Å². The molecular weight excluding hydrogens is 298 g/mol. The van der Waals surface area contributed by atoms with E-state index in [1.54, 1.807) is 0 Å². The Labute approximate surface area is 146 Å². The van der Waals surface area contributed by atoms with Crippen molar-refractivity contribution in [2.45, 2.75) is 63.5 Å². The first kappa shape index (κ1) is 17.3. The van der Waals surface area contributed by atoms with Crippen molar-refractivity contribution in [3.05, 3.63) is 35.9 Å². The van der Waals surface area contributed by atoms with Gasteiger partial charge in [0.25, 0.3) is 0 Å². The van der Waals surface area contributed by atoms with Crippen molar-refractivity contribution in [3.8, 4) is 0 Å². The average Bonchev–Trinajstić information content (AvgIpc) is 2.64. The second-order valence-electron chi connectivity index (χ2n) is 7.21. The molecule has 1 aromatic carbocycles. The van der Waals surface area contributed by atoms with Crippen LogP contribution in [0.25, 0.3) is 0 Å². The smallest absolute Gasteiger partial charge is 0.315 e. The molecule has 2 fully saturated rings. The molecule has 132 valence electrons. The third-order valence-corrected chi connectivity index (χ3v) is 5.41. The van der Waals surface area contributed by atoms with Crippen LogP contribution in [0.5, 0.6) is 0 Å². The average molecular weight is 329 g/mol. The van der Waals surface area contributed by atoms with Crippen molar-refractivity contribution in [2.75, 3.05) is 19.6 Å². The molecule has 0 bridgehead atoms. The molecule has 4 nitrogen and oxygen atoms in total. The van der Waals surface area contributed by atoms with E-state index in [-0.39, 0.29) is 12.1 Å². The van der Waals surface area contributed by atoms with Crippen molar-refractivity contribution in [2.24, 2.45) is 0 Å². The Balaban J connectivity index is 1.56. The number of likely N-dealkylation sites (tertiary alicyclic amines) is 1. The molecule has 3 rings (SSSR count). The van der Waals surface area contributed by atoms with Crippen LogP contribution < -0.4 is 10.6 Å². The molecule has 24 heavy (non-hydrogen) atoms. The van der Waals surface area contributed by atoms with E-state index in [1.807, 2.05) is 0 Å². The number of hydrogen-bond donors (Lipinski definition) is 2. The zero-order chi connectivity index (χ0) is 16.6. The van der Waals surface area contributed by atoms with Crippen LogP contribution in [0.1, 0.15) is 63.0 Å². The molecule has 0 aromatic heterocycles. The molecule has 4 heteroatoms. The lowest BCUT2D eigenvalue weighted by molar-refractivity contribution is 0.159. The van der Waals surface area contributed by atoms with Crippen molar-refractivity contribution in [1.82, 2.24) is 15.5 Å². The number of urea groups is 1. The molecule has 0 radical (unpaired) electrons. The summed E-state index contributed by atoms with van der Waals surface area (Å²) >= 11 is 0. The standard InChI is InChI=1S/C20H31N3O/c24-20(22-18-12-6-2-7-13-18)21-16-19(17-10-4-1-5-11-17)23-14-8-3-9-15-23/h1,4-5,10-11,18-19H,2-3,6-9,12-16H2,(H2,21,22,24). The van der Waals surface area contributed by atoms with Gasteiger partial charge in [-0.15, -0.1) is 0 Å². The Hall–Kier alpha value is -1.55. The summed E-state index contributed by atoms with van der Waals surface area (Å²) < 4.78 is 0. The topological polar surface area (TPSA) is 44.4 Å². The maximum atomic E-state index is 12.3. The largest absolute Gasteiger partial charge is 0.336 e. The van der Waals surface area contributed by atoms with E-state index in [4.69, 9.17) is 0 Å². The van der Waals surface area contributed by atoms with Gasteiger partial charge >= 0.3 is 6.03 Å². The fourth-order valence-electron chi connectivity index (χ4n) is 4.04. The lowest BCUT2D eigenvalue weighted by Crippen LogP contribution is -2.46. The molecule has 2 aliphatic rings. The molecule has 1 aromatic rings. The normalized spacial score (nSPS) is 21.2. The minimum atomic E-state index is -0.000148. The summed E-state index contributed by atoms with van der Waals surface area (Å²) in [6.45, 7) is 2.94. The van der Waals surface area contributed by atoms with E-state index >= 15 is 0 Å². The van der Waals surface area contributed by atoms with E-state index in [2.05, 4.69) is 45.9 Å². The van der Waals surface area contributed by atoms with Crippen molar-refractivity contribution in [3.63, 3.8) is 0 Å². The third-order valence-electron chi connectivity index (χ3n) is 5.41. The highest BCUT2D eigenvalue weighted by Gasteiger charge is 2.23. The Morgan fingerprint density at radius 1 is 1.00 bits per heavy atom. The lowest BCUT2D eigenvalue weighted by Gasteiger charge is -2.35. The van der Waals surface area contributed by atoms with E-state index in [1.165, 1.54) is 44.1 Å². The number of nitrogens with one attached hydrogen (secondary N) is 2. The number of amides is 2. The van der Waals surface area contributed by atoms with Gasteiger partial charge in [0.05, 0.1) is 6.04 Å². The van der Waals surface area contributed by atoms with Gasteiger partial charge in [-0.2, -0.15) is 0 Å². The third kappa shape index (κ3) is 4.97. The van der Waals surface area contributed by atoms with Crippen LogP contribution in [0, 0.1) is 0 Å². The molecule has 1 saturated heterocycles. The Morgan fingerprint density at radius 3 is 2.38 bits per heavy atom. The van der Waals surface area contributed by atoms with Gasteiger partial charge in [-0.05, 0) is 44.3 Å². The number of carbonyl (C=O) groups excluding carboxylic acids is 1. The summed E-state index contributed by atoms with van der Waals surface area (Å²) in [6, 6.07) is 11.2. The maximum absolute atomic E-state index is 12.3. The highest BCUT2D eigenvalue weighted by molar-refractivity contribution is 5.74. The van der Waals surface area contributed by atoms with Crippen LogP contribution in [-0.2, 0) is 0 Å². The van der Waals surface area contributed by atoms with Gasteiger partial charge in [-0.1, -0.05) is 56.0 Å². The summed E-state index contributed by atoms with van der Waals surface area (Å²) in [7, 11) is 0. The zero-order valence-electron chi connectivity index (χ0n) is 14.7. The highest BCUT2D eigenvalue weighted by atomic mass is 16.2. The minimum Gasteiger partial charge on any atom is -0.336 e. The molecule has 1 saturated carbocycles. The highest BCUT2D eigenvalue weighted by Crippen LogP contribution is 2.24. The SMILES string of the molecule is O=C(NCC(c1ccccc1)N1CCCCC1)NC1CCCCC1. The Bertz CT molecular complexity index is 493. The fourth-order valence-corrected chi connectivity index (χ4v) is 4.04. The van der Waals surface area contributed by atoms with Gasteiger partial charge in [0.1, 0.15) is 0 Å². The molecule has 1 aliphatic carbocycles. The summed E-state index contributed by atoms with van der Waals surface area (Å²) in [4.78, 5) is 14.8. The van der Waals surface area contributed by atoms with Crippen LogP contribution in [0.2, 0.25) is 0 Å². The number of hydrogen-bond acceptors (Lipinski definition) is 2. The molecule has 1 aliphatic heterocycles. The van der Waals surface area contributed by atoms with Crippen LogP contribution in [-0.4, -0.2) is 36.6 Å². The first-order valence-corrected chi connectivity index (χ1v) is 9.66. The second-order valence-corrected chi connectivity index (χ2v) is 7.21. The monoisotopic (exact) mass is 329 g/mol. The van der Waals surface area contributed by atoms with Crippen LogP contribution in [0.4, 0.5) is 4.79 Å². The van der Waals surface area contributed by atoms with Crippen molar-refractivity contribution in [1.29, 1.82) is 0 Å². The number of piperidine rings is 1. The quantitative estimate of drug-likeness (QED) is 0.862. The predicted molar refractivity (Wildman–Crippen MR) is 98.0 cm³/mol. The zero-order valence-corrected chi connectivity index (χ0v) is 14.7. The van der Waals surface area contributed by atoms with Crippen molar-refractivity contribution >= 4 is 6.03 Å². The molecule has 1 unspecified atom stereocenters. The van der Waals surface area contributed by atoms with Gasteiger partial charge in [-0.3, -0.25) is 4.90 Å². The van der Waals surface area contributed by atoms with E-state index in [0.717, 1.165) is 25.9 Å². The summed E-state index contributed by atoms with van der Waals surface area (Å²) in [6.07, 6.45) is 9.90. The maximum Gasteiger partial charge on any atom is 0.315 e. The van der Waals surface area contributed by atoms with Crippen LogP contribution >= 0.6 is 0 Å². The molecule has 2 amide bonds. The van der Waals surface area contributed by atoms with Crippen molar-refractivity contribution < 1.29 is 4.79 Å². The van der Waals surface area contributed by atoms with Gasteiger partial charge in [-0.25, -0.2) is 4.79 Å². The van der Waals surface area contributed by atoms with Gasteiger partial charge in [0.2, 0.25) is 0 Å². The lowest BCUT2D eigenvalue weighted by atomic mass is 9.96. The molecule has 0 spiro atoms. The molecule has 1 heterocycles. The summed E-state index contributed by atoms with van der Waals surface area (Å²) in [5, 5.41) is 6.29. The van der Waals surface area contributed by atoms with Crippen LogP contribution in [0.15, 0.2) is 30.3 Å². The van der Waals surface area contributed by atoms with Crippen LogP contribution in [0.3, 0.4) is 0 Å². The fraction of sp³-hybridized carbons (Fsp3) is 0.650. The summed E-state index contributed by atoms with van der Waals surface area (Å²) in [5.41, 5.74) is 1.30. The first-order valence-electron chi connectivity index (χ1n) is 9.66. The van der Waals surface area contributed by atoms with Gasteiger partial charge < -0.3 is 10.6 Å². The first-order chi connectivity index (χ1) is 11.8. The number of carbonyl (C=O) groups is 1. The van der Waals surface area contributed by atoms with Gasteiger partial charge in [0, 0.05) is 12.6 Å². The predicted octanol–water partition coefficient (Wildman–Crippen LogP) is 3.85. The number of rotatable bonds is 5. The summed E-state index contributed by atoms with van der Waals surface area (Å²) in [5.74, 6) is 0. The minimum absolute atomic E-state index is 0.000148. The molecule has 2 N–H and O–H groups in total. The molecular formula is C20H31N3O. The Morgan fingerprint density at radius 2 is 1.67 bits per heavy atom. The Kier molecular flexibility index (Phi) is 6.53. The number of benzene rings is 1. The van der Waals surface area contributed by atoms with E-state index < -0.39 is 0 Å². The number of nitrogens with zero attached hydrogens (tertiary/aromatic N) is 1. The van der Waals surface area contributed by atoms with E-state index in [9.17, 15) is 4.79 Å². The second kappa shape index (κ2) is 9.07. The molecule has 1 atom stereocenters. The van der Waals surface area contributed by atoms with E-state index in [0.29, 0.717) is 12.6 Å².